The van der Waals surface area contributed by atoms with E-state index in [0.29, 0.717) is 11.8 Å². The summed E-state index contributed by atoms with van der Waals surface area (Å²) in [7, 11) is 0. The van der Waals surface area contributed by atoms with Crippen LogP contribution in [0.1, 0.15) is 25.8 Å². The Morgan fingerprint density at radius 2 is 1.87 bits per heavy atom. The smallest absolute Gasteiger partial charge is 0.225 e. The molecule has 6 nitrogen and oxygen atoms in total. The summed E-state index contributed by atoms with van der Waals surface area (Å²) in [5.41, 5.74) is 3.45. The van der Waals surface area contributed by atoms with Crippen molar-refractivity contribution in [2.24, 2.45) is 17.3 Å². The van der Waals surface area contributed by atoms with Crippen LogP contribution in [-0.2, 0) is 6.42 Å². The molecule has 3 aromatic heterocycles. The Labute approximate surface area is 177 Å². The van der Waals surface area contributed by atoms with Gasteiger partial charge in [0.25, 0.3) is 0 Å². The number of ether oxygens (including phenoxy) is 1. The van der Waals surface area contributed by atoms with Gasteiger partial charge in [0.2, 0.25) is 5.95 Å². The van der Waals surface area contributed by atoms with Crippen molar-refractivity contribution in [2.75, 3.05) is 24.6 Å². The Morgan fingerprint density at radius 1 is 1.07 bits per heavy atom. The maximum absolute atomic E-state index is 6.12. The first-order valence-electron chi connectivity index (χ1n) is 10.7. The number of aryl methyl sites for hydroxylation is 1. The predicted molar refractivity (Wildman–Crippen MR) is 116 cm³/mol. The number of anilines is 1. The molecule has 2 fully saturated rings. The molecule has 30 heavy (non-hydrogen) atoms. The number of aromatic nitrogens is 4. The zero-order valence-electron chi connectivity index (χ0n) is 17.5. The van der Waals surface area contributed by atoms with Gasteiger partial charge in [-0.2, -0.15) is 0 Å². The molecular weight excluding hydrogens is 374 g/mol. The van der Waals surface area contributed by atoms with Crippen molar-refractivity contribution in [3.8, 4) is 17.0 Å². The van der Waals surface area contributed by atoms with Crippen LogP contribution in [0.3, 0.4) is 0 Å². The molecule has 0 spiro atoms. The van der Waals surface area contributed by atoms with Crippen molar-refractivity contribution in [2.45, 2.75) is 26.7 Å². The molecule has 3 unspecified atom stereocenters. The summed E-state index contributed by atoms with van der Waals surface area (Å²) in [5, 5.41) is 0. The minimum Gasteiger partial charge on any atom is -0.492 e. The highest BCUT2D eigenvalue weighted by Gasteiger charge is 2.63. The fourth-order valence-corrected chi connectivity index (χ4v) is 4.83. The Kier molecular flexibility index (Phi) is 4.85. The highest BCUT2D eigenvalue weighted by Crippen LogP contribution is 2.62. The summed E-state index contributed by atoms with van der Waals surface area (Å²) in [6, 6.07) is 7.94. The van der Waals surface area contributed by atoms with Crippen molar-refractivity contribution < 1.29 is 4.74 Å². The van der Waals surface area contributed by atoms with Gasteiger partial charge in [-0.1, -0.05) is 13.8 Å². The molecule has 1 saturated carbocycles. The minimum atomic E-state index is 0.273. The average Bonchev–Trinajstić information content (AvgIpc) is 3.41. The molecule has 6 heteroatoms. The van der Waals surface area contributed by atoms with E-state index in [1.54, 1.807) is 12.4 Å². The molecule has 1 saturated heterocycles. The van der Waals surface area contributed by atoms with Gasteiger partial charge in [0, 0.05) is 49.4 Å². The third-order valence-electron chi connectivity index (χ3n) is 6.84. The zero-order valence-corrected chi connectivity index (χ0v) is 17.5. The Balaban J connectivity index is 1.19. The van der Waals surface area contributed by atoms with E-state index >= 15 is 0 Å². The van der Waals surface area contributed by atoms with Crippen LogP contribution < -0.4 is 9.64 Å². The molecule has 2 aliphatic rings. The topological polar surface area (TPSA) is 64.0 Å². The van der Waals surface area contributed by atoms with Crippen LogP contribution in [0.2, 0.25) is 0 Å². The molecule has 3 aromatic rings. The average molecular weight is 402 g/mol. The largest absolute Gasteiger partial charge is 0.492 e. The van der Waals surface area contributed by atoms with E-state index in [-0.39, 0.29) is 5.41 Å². The second-order valence-electron chi connectivity index (χ2n) is 8.60. The summed E-state index contributed by atoms with van der Waals surface area (Å²) in [6.07, 6.45) is 11.4. The molecular formula is C24H27N5O. The second-order valence-corrected chi connectivity index (χ2v) is 8.60. The first-order chi connectivity index (χ1) is 14.7. The van der Waals surface area contributed by atoms with E-state index < -0.39 is 0 Å². The molecule has 0 aromatic carbocycles. The van der Waals surface area contributed by atoms with E-state index in [1.807, 2.05) is 42.9 Å². The summed E-state index contributed by atoms with van der Waals surface area (Å²) >= 11 is 0. The van der Waals surface area contributed by atoms with Crippen LogP contribution in [-0.4, -0.2) is 39.6 Å². The van der Waals surface area contributed by atoms with Crippen molar-refractivity contribution >= 4 is 5.95 Å². The number of hydrogen-bond acceptors (Lipinski definition) is 6. The SMILES string of the molecule is CCc1cnc(N2CCC3C(COc4ccc(-c5ccncc5)nc4)C3(C)C2)nc1. The van der Waals surface area contributed by atoms with Crippen LogP contribution in [0.4, 0.5) is 5.95 Å². The normalized spacial score (nSPS) is 24.9. The maximum atomic E-state index is 6.12. The Bertz CT molecular complexity index is 992. The Morgan fingerprint density at radius 3 is 2.57 bits per heavy atom. The van der Waals surface area contributed by atoms with Crippen molar-refractivity contribution in [3.63, 3.8) is 0 Å². The van der Waals surface area contributed by atoms with Gasteiger partial charge in [0.1, 0.15) is 5.75 Å². The molecule has 0 amide bonds. The van der Waals surface area contributed by atoms with Gasteiger partial charge in [-0.3, -0.25) is 9.97 Å². The summed E-state index contributed by atoms with van der Waals surface area (Å²) in [5.74, 6) is 2.97. The molecule has 0 N–H and O–H groups in total. The minimum absolute atomic E-state index is 0.273. The fraction of sp³-hybridized carbons (Fsp3) is 0.417. The van der Waals surface area contributed by atoms with Crippen LogP contribution in [0.15, 0.2) is 55.2 Å². The van der Waals surface area contributed by atoms with E-state index in [1.165, 1.54) is 12.0 Å². The molecule has 3 atom stereocenters. The number of pyridine rings is 2. The van der Waals surface area contributed by atoms with Crippen LogP contribution in [0.25, 0.3) is 11.3 Å². The van der Waals surface area contributed by atoms with E-state index in [9.17, 15) is 0 Å². The fourth-order valence-electron chi connectivity index (χ4n) is 4.83. The van der Waals surface area contributed by atoms with Crippen LogP contribution in [0, 0.1) is 17.3 Å². The van der Waals surface area contributed by atoms with Crippen molar-refractivity contribution in [3.05, 3.63) is 60.8 Å². The van der Waals surface area contributed by atoms with E-state index in [4.69, 9.17) is 4.74 Å². The molecule has 0 bridgehead atoms. The highest BCUT2D eigenvalue weighted by atomic mass is 16.5. The molecule has 5 rings (SSSR count). The molecule has 0 radical (unpaired) electrons. The maximum Gasteiger partial charge on any atom is 0.225 e. The van der Waals surface area contributed by atoms with Crippen molar-refractivity contribution in [1.82, 2.24) is 19.9 Å². The predicted octanol–water partition coefficient (Wildman–Crippen LogP) is 4.04. The number of piperidine rings is 1. The summed E-state index contributed by atoms with van der Waals surface area (Å²) in [6.45, 7) is 7.26. The molecule has 4 heterocycles. The first-order valence-corrected chi connectivity index (χ1v) is 10.7. The van der Waals surface area contributed by atoms with E-state index in [2.05, 4.69) is 38.7 Å². The zero-order chi connectivity index (χ0) is 20.6. The van der Waals surface area contributed by atoms with Gasteiger partial charge in [0.05, 0.1) is 18.5 Å². The molecule has 1 aliphatic carbocycles. The highest BCUT2D eigenvalue weighted by molar-refractivity contribution is 5.58. The second kappa shape index (κ2) is 7.67. The van der Waals surface area contributed by atoms with Gasteiger partial charge in [-0.25, -0.2) is 9.97 Å². The number of rotatable bonds is 6. The summed E-state index contributed by atoms with van der Waals surface area (Å²) in [4.78, 5) is 20.1. The quantitative estimate of drug-likeness (QED) is 0.621. The van der Waals surface area contributed by atoms with Gasteiger partial charge in [-0.15, -0.1) is 0 Å². The number of nitrogens with zero attached hydrogens (tertiary/aromatic N) is 5. The molecule has 1 aliphatic heterocycles. The lowest BCUT2D eigenvalue weighted by Gasteiger charge is -2.30. The van der Waals surface area contributed by atoms with Gasteiger partial charge >= 0.3 is 0 Å². The lowest BCUT2D eigenvalue weighted by Crippen LogP contribution is -2.37. The summed E-state index contributed by atoms with van der Waals surface area (Å²) < 4.78 is 6.12. The Hall–Kier alpha value is -3.02. The monoisotopic (exact) mass is 401 g/mol. The third kappa shape index (κ3) is 3.51. The van der Waals surface area contributed by atoms with Crippen LogP contribution >= 0.6 is 0 Å². The first kappa shape index (κ1) is 19.0. The molecule has 154 valence electrons. The third-order valence-corrected chi connectivity index (χ3v) is 6.84. The van der Waals surface area contributed by atoms with Gasteiger partial charge in [-0.05, 0) is 54.0 Å². The number of fused-ring (bicyclic) bond motifs is 1. The van der Waals surface area contributed by atoms with Gasteiger partial charge in [0.15, 0.2) is 0 Å². The van der Waals surface area contributed by atoms with E-state index in [0.717, 1.165) is 49.1 Å². The standard InChI is InChI=1S/C24H27N5O/c1-3-17-12-27-23(28-13-17)29-11-8-20-21(24(20,2)16-29)15-30-19-4-5-22(26-14-19)18-6-9-25-10-7-18/h4-7,9-10,12-14,20-21H,3,8,11,15-16H2,1-2H3. The lowest BCUT2D eigenvalue weighted by atomic mass is 9.99. The van der Waals surface area contributed by atoms with Crippen molar-refractivity contribution in [1.29, 1.82) is 0 Å². The lowest BCUT2D eigenvalue weighted by molar-refractivity contribution is 0.274. The van der Waals surface area contributed by atoms with Gasteiger partial charge < -0.3 is 9.64 Å². The van der Waals surface area contributed by atoms with Crippen LogP contribution in [0.5, 0.6) is 5.75 Å². The number of hydrogen-bond donors (Lipinski definition) is 0.